The normalized spacial score (nSPS) is 18.6. The molecule has 1 amide bonds. The Hall–Kier alpha value is -1.05. The predicted molar refractivity (Wildman–Crippen MR) is 84.8 cm³/mol. The highest BCUT2D eigenvalue weighted by Crippen LogP contribution is 2.11. The summed E-state index contributed by atoms with van der Waals surface area (Å²) in [7, 11) is 0. The molecule has 1 aliphatic heterocycles. The zero-order valence-corrected chi connectivity index (χ0v) is 13.9. The molecule has 1 aliphatic rings. The number of piperazine rings is 1. The van der Waals surface area contributed by atoms with Crippen LogP contribution < -0.4 is 5.32 Å². The number of nitrogens with one attached hydrogen (secondary N) is 1. The lowest BCUT2D eigenvalue weighted by Crippen LogP contribution is -2.52. The first-order valence-corrected chi connectivity index (χ1v) is 8.48. The van der Waals surface area contributed by atoms with Crippen molar-refractivity contribution in [2.24, 2.45) is 0 Å². The summed E-state index contributed by atoms with van der Waals surface area (Å²) in [5, 5.41) is 7.00. The van der Waals surface area contributed by atoms with Gasteiger partial charge in [-0.2, -0.15) is 0 Å². The average Bonchev–Trinajstić information content (AvgIpc) is 3.01. The van der Waals surface area contributed by atoms with Gasteiger partial charge in [-0.3, -0.25) is 9.69 Å². The molecule has 0 bridgehead atoms. The van der Waals surface area contributed by atoms with Crippen molar-refractivity contribution in [1.82, 2.24) is 24.7 Å². The van der Waals surface area contributed by atoms with E-state index >= 15 is 0 Å². The van der Waals surface area contributed by atoms with Crippen molar-refractivity contribution in [3.05, 3.63) is 10.6 Å². The highest BCUT2D eigenvalue weighted by atomic mass is 32.1. The van der Waals surface area contributed by atoms with Crippen molar-refractivity contribution in [2.75, 3.05) is 39.3 Å². The number of amides is 1. The summed E-state index contributed by atoms with van der Waals surface area (Å²) < 4.78 is 3.86. The van der Waals surface area contributed by atoms with Crippen LogP contribution in [0.2, 0.25) is 0 Å². The first-order valence-electron chi connectivity index (χ1n) is 7.71. The molecule has 6 nitrogen and oxygen atoms in total. The molecule has 7 heteroatoms. The van der Waals surface area contributed by atoms with Crippen molar-refractivity contribution in [2.45, 2.75) is 33.2 Å². The molecule has 1 saturated heterocycles. The molecule has 21 heavy (non-hydrogen) atoms. The average molecular weight is 311 g/mol. The highest BCUT2D eigenvalue weighted by molar-refractivity contribution is 7.08. The third-order valence-corrected chi connectivity index (χ3v) is 4.90. The van der Waals surface area contributed by atoms with Gasteiger partial charge in [-0.1, -0.05) is 18.3 Å². The quantitative estimate of drug-likeness (QED) is 0.844. The van der Waals surface area contributed by atoms with E-state index in [-0.39, 0.29) is 5.91 Å². The fraction of sp³-hybridized carbons (Fsp3) is 0.786. The SMILES string of the molecule is CCc1nnsc1C(=O)NCC(C)N1CCN(CC)CC1. The molecule has 118 valence electrons. The molecule has 1 aromatic heterocycles. The summed E-state index contributed by atoms with van der Waals surface area (Å²) in [6.07, 6.45) is 0.744. The topological polar surface area (TPSA) is 61.4 Å². The number of carbonyl (C=O) groups is 1. The van der Waals surface area contributed by atoms with Crippen LogP contribution in [0.1, 0.15) is 36.1 Å². The Bertz CT molecular complexity index is 456. The van der Waals surface area contributed by atoms with Crippen molar-refractivity contribution >= 4 is 17.4 Å². The van der Waals surface area contributed by atoms with Crippen LogP contribution in [0.4, 0.5) is 0 Å². The lowest BCUT2D eigenvalue weighted by Gasteiger charge is -2.37. The molecule has 2 heterocycles. The molecule has 1 aromatic rings. The molecule has 0 aliphatic carbocycles. The minimum atomic E-state index is -0.0408. The monoisotopic (exact) mass is 311 g/mol. The van der Waals surface area contributed by atoms with Gasteiger partial charge in [-0.15, -0.1) is 5.10 Å². The zero-order valence-electron chi connectivity index (χ0n) is 13.1. The molecule has 0 radical (unpaired) electrons. The van der Waals surface area contributed by atoms with Crippen LogP contribution >= 0.6 is 11.5 Å². The number of nitrogens with zero attached hydrogens (tertiary/aromatic N) is 4. The van der Waals surface area contributed by atoms with E-state index in [0.29, 0.717) is 17.5 Å². The third-order valence-electron chi connectivity index (χ3n) is 4.13. The van der Waals surface area contributed by atoms with Crippen LogP contribution in [-0.4, -0.2) is 70.6 Å². The second-order valence-corrected chi connectivity index (χ2v) is 6.19. The van der Waals surface area contributed by atoms with E-state index in [1.165, 1.54) is 11.5 Å². The van der Waals surface area contributed by atoms with Gasteiger partial charge in [0.1, 0.15) is 4.88 Å². The molecule has 1 N–H and O–H groups in total. The molecule has 0 spiro atoms. The molecular weight excluding hydrogens is 286 g/mol. The zero-order chi connectivity index (χ0) is 15.2. The molecule has 0 saturated carbocycles. The summed E-state index contributed by atoms with van der Waals surface area (Å²) in [4.78, 5) is 17.7. The van der Waals surface area contributed by atoms with Crippen LogP contribution in [-0.2, 0) is 6.42 Å². The smallest absolute Gasteiger partial charge is 0.265 e. The minimum Gasteiger partial charge on any atom is -0.350 e. The van der Waals surface area contributed by atoms with Gasteiger partial charge >= 0.3 is 0 Å². The second-order valence-electron chi connectivity index (χ2n) is 5.43. The van der Waals surface area contributed by atoms with Crippen LogP contribution in [0.3, 0.4) is 0 Å². The molecule has 0 aromatic carbocycles. The maximum absolute atomic E-state index is 12.2. The van der Waals surface area contributed by atoms with Gasteiger partial charge in [0, 0.05) is 38.8 Å². The van der Waals surface area contributed by atoms with E-state index in [1.54, 1.807) is 0 Å². The van der Waals surface area contributed by atoms with Crippen molar-refractivity contribution in [3.8, 4) is 0 Å². The number of hydrogen-bond acceptors (Lipinski definition) is 6. The highest BCUT2D eigenvalue weighted by Gasteiger charge is 2.21. The van der Waals surface area contributed by atoms with E-state index in [4.69, 9.17) is 0 Å². The van der Waals surface area contributed by atoms with Crippen LogP contribution in [0.5, 0.6) is 0 Å². The first-order chi connectivity index (χ1) is 10.2. The Kier molecular flexibility index (Phi) is 6.08. The second kappa shape index (κ2) is 7.82. The lowest BCUT2D eigenvalue weighted by molar-refractivity contribution is 0.0885. The summed E-state index contributed by atoms with van der Waals surface area (Å²) in [6.45, 7) is 12.6. The van der Waals surface area contributed by atoms with Gasteiger partial charge < -0.3 is 10.2 Å². The Morgan fingerprint density at radius 1 is 1.33 bits per heavy atom. The van der Waals surface area contributed by atoms with Gasteiger partial charge in [-0.05, 0) is 31.4 Å². The fourth-order valence-corrected chi connectivity index (χ4v) is 3.25. The number of carbonyl (C=O) groups excluding carboxylic acids is 1. The summed E-state index contributed by atoms with van der Waals surface area (Å²) >= 11 is 1.18. The Morgan fingerprint density at radius 3 is 2.67 bits per heavy atom. The molecule has 1 atom stereocenters. The molecule has 1 fully saturated rings. The Balaban J connectivity index is 1.79. The van der Waals surface area contributed by atoms with Crippen LogP contribution in [0.15, 0.2) is 0 Å². The third kappa shape index (κ3) is 4.21. The van der Waals surface area contributed by atoms with Gasteiger partial charge in [0.2, 0.25) is 0 Å². The van der Waals surface area contributed by atoms with E-state index in [1.807, 2.05) is 6.92 Å². The molecule has 2 rings (SSSR count). The van der Waals surface area contributed by atoms with Crippen molar-refractivity contribution < 1.29 is 4.79 Å². The van der Waals surface area contributed by atoms with E-state index in [0.717, 1.165) is 44.8 Å². The maximum atomic E-state index is 12.2. The van der Waals surface area contributed by atoms with Crippen LogP contribution in [0, 0.1) is 0 Å². The van der Waals surface area contributed by atoms with E-state index in [9.17, 15) is 4.79 Å². The van der Waals surface area contributed by atoms with Crippen LogP contribution in [0.25, 0.3) is 0 Å². The summed E-state index contributed by atoms with van der Waals surface area (Å²) in [5.41, 5.74) is 0.793. The standard InChI is InChI=1S/C14H25N5OS/c1-4-12-13(21-17-16-12)14(20)15-10-11(3)19-8-6-18(5-2)7-9-19/h11H,4-10H2,1-3H3,(H,15,20). The van der Waals surface area contributed by atoms with Gasteiger partial charge in [0.15, 0.2) is 0 Å². The van der Waals surface area contributed by atoms with Gasteiger partial charge in [-0.25, -0.2) is 0 Å². The Morgan fingerprint density at radius 2 is 2.05 bits per heavy atom. The molecule has 1 unspecified atom stereocenters. The van der Waals surface area contributed by atoms with Gasteiger partial charge in [0.05, 0.1) is 5.69 Å². The largest absolute Gasteiger partial charge is 0.350 e. The number of likely N-dealkylation sites (N-methyl/N-ethyl adjacent to an activating group) is 1. The first kappa shape index (κ1) is 16.3. The number of hydrogen-bond donors (Lipinski definition) is 1. The Labute approximate surface area is 130 Å². The summed E-state index contributed by atoms with van der Waals surface area (Å²) in [5.74, 6) is -0.0408. The predicted octanol–water partition coefficient (Wildman–Crippen LogP) is 0.856. The van der Waals surface area contributed by atoms with E-state index < -0.39 is 0 Å². The van der Waals surface area contributed by atoms with E-state index in [2.05, 4.69) is 38.6 Å². The lowest BCUT2D eigenvalue weighted by atomic mass is 10.2. The minimum absolute atomic E-state index is 0.0408. The van der Waals surface area contributed by atoms with Gasteiger partial charge in [0.25, 0.3) is 5.91 Å². The fourth-order valence-electron chi connectivity index (χ4n) is 2.58. The van der Waals surface area contributed by atoms with Crippen molar-refractivity contribution in [1.29, 1.82) is 0 Å². The summed E-state index contributed by atoms with van der Waals surface area (Å²) in [6, 6.07) is 0.360. The number of rotatable bonds is 6. The maximum Gasteiger partial charge on any atom is 0.265 e. The van der Waals surface area contributed by atoms with Crippen molar-refractivity contribution in [3.63, 3.8) is 0 Å². The number of aryl methyl sites for hydroxylation is 1. The molecular formula is C14H25N5OS. The number of aromatic nitrogens is 2.